The molecule has 0 amide bonds. The molecule has 0 spiro atoms. The predicted octanol–water partition coefficient (Wildman–Crippen LogP) is 12.1. The van der Waals surface area contributed by atoms with Crippen LogP contribution in [0.3, 0.4) is 0 Å². The van der Waals surface area contributed by atoms with Crippen LogP contribution in [0, 0.1) is 0 Å². The van der Waals surface area contributed by atoms with Crippen molar-refractivity contribution in [3.63, 3.8) is 0 Å². The first kappa shape index (κ1) is 30.8. The van der Waals surface area contributed by atoms with E-state index in [1.165, 1.54) is 44.5 Å². The molecule has 1 heterocycles. The van der Waals surface area contributed by atoms with Gasteiger partial charge >= 0.3 is 0 Å². The number of hydrogen-bond acceptors (Lipinski definition) is 3. The molecule has 1 aromatic heterocycles. The molecule has 0 saturated carbocycles. The van der Waals surface area contributed by atoms with Crippen molar-refractivity contribution in [3.8, 4) is 56.4 Å². The molecule has 9 aromatic rings. The van der Waals surface area contributed by atoms with Crippen LogP contribution in [-0.2, 0) is 5.41 Å². The highest BCUT2D eigenvalue weighted by atomic mass is 15.0. The smallest absolute Gasteiger partial charge is 0.164 e. The molecule has 0 saturated heterocycles. The zero-order valence-electron chi connectivity index (χ0n) is 28.9. The average Bonchev–Trinajstić information content (AvgIpc) is 3.56. The highest BCUT2D eigenvalue weighted by Crippen LogP contribution is 2.58. The molecule has 0 bridgehead atoms. The first-order valence-electron chi connectivity index (χ1n) is 18.0. The summed E-state index contributed by atoms with van der Waals surface area (Å²) >= 11 is 0. The zero-order valence-corrected chi connectivity index (χ0v) is 28.9. The van der Waals surface area contributed by atoms with Crippen molar-refractivity contribution in [2.45, 2.75) is 5.41 Å². The molecule has 1 aliphatic carbocycles. The summed E-state index contributed by atoms with van der Waals surface area (Å²) < 4.78 is 0. The van der Waals surface area contributed by atoms with E-state index in [1.54, 1.807) is 0 Å². The number of rotatable bonds is 6. The molecule has 248 valence electrons. The first-order valence-corrected chi connectivity index (χ1v) is 18.0. The normalized spacial score (nSPS) is 12.7. The highest BCUT2D eigenvalue weighted by molar-refractivity contribution is 5.98. The maximum Gasteiger partial charge on any atom is 0.164 e. The van der Waals surface area contributed by atoms with Crippen LogP contribution >= 0.6 is 0 Å². The second-order valence-corrected chi connectivity index (χ2v) is 13.6. The van der Waals surface area contributed by atoms with Gasteiger partial charge in [0.05, 0.1) is 5.41 Å². The lowest BCUT2D eigenvalue weighted by atomic mass is 9.67. The van der Waals surface area contributed by atoms with Crippen molar-refractivity contribution in [3.05, 3.63) is 222 Å². The Morgan fingerprint density at radius 3 is 1.36 bits per heavy atom. The van der Waals surface area contributed by atoms with Crippen LogP contribution in [0.1, 0.15) is 22.3 Å². The second-order valence-electron chi connectivity index (χ2n) is 13.6. The predicted molar refractivity (Wildman–Crippen MR) is 216 cm³/mol. The average molecular weight is 676 g/mol. The van der Waals surface area contributed by atoms with Crippen LogP contribution in [0.4, 0.5) is 0 Å². The topological polar surface area (TPSA) is 38.7 Å². The lowest BCUT2D eigenvalue weighted by molar-refractivity contribution is 0.768. The maximum atomic E-state index is 5.01. The van der Waals surface area contributed by atoms with Crippen molar-refractivity contribution in [2.24, 2.45) is 0 Å². The van der Waals surface area contributed by atoms with Crippen molar-refractivity contribution < 1.29 is 0 Å². The van der Waals surface area contributed by atoms with Gasteiger partial charge in [0, 0.05) is 16.7 Å². The van der Waals surface area contributed by atoms with E-state index in [0.717, 1.165) is 27.5 Å². The van der Waals surface area contributed by atoms with Crippen LogP contribution in [0.5, 0.6) is 0 Å². The van der Waals surface area contributed by atoms with Crippen molar-refractivity contribution in [2.75, 3.05) is 0 Å². The van der Waals surface area contributed by atoms with Crippen LogP contribution in [-0.4, -0.2) is 15.0 Å². The second kappa shape index (κ2) is 12.7. The molecule has 0 atom stereocenters. The van der Waals surface area contributed by atoms with Gasteiger partial charge in [0.2, 0.25) is 0 Å². The van der Waals surface area contributed by atoms with E-state index in [2.05, 4.69) is 140 Å². The molecule has 0 unspecified atom stereocenters. The summed E-state index contributed by atoms with van der Waals surface area (Å²) in [7, 11) is 0. The summed E-state index contributed by atoms with van der Waals surface area (Å²) in [6.45, 7) is 0. The van der Waals surface area contributed by atoms with E-state index in [9.17, 15) is 0 Å². The van der Waals surface area contributed by atoms with Crippen molar-refractivity contribution in [1.82, 2.24) is 15.0 Å². The largest absolute Gasteiger partial charge is 0.208 e. The number of benzene rings is 8. The minimum absolute atomic E-state index is 0.444. The van der Waals surface area contributed by atoms with Gasteiger partial charge in [-0.05, 0) is 67.4 Å². The highest BCUT2D eigenvalue weighted by Gasteiger charge is 2.46. The van der Waals surface area contributed by atoms with Gasteiger partial charge in [-0.15, -0.1) is 0 Å². The molecular weight excluding hydrogens is 643 g/mol. The molecule has 0 fully saturated rings. The molecule has 10 rings (SSSR count). The minimum atomic E-state index is -0.444. The molecule has 3 heteroatoms. The Balaban J connectivity index is 1.15. The molecule has 0 aliphatic heterocycles. The summed E-state index contributed by atoms with van der Waals surface area (Å²) in [5, 5.41) is 2.29. The van der Waals surface area contributed by atoms with Crippen LogP contribution in [0.15, 0.2) is 200 Å². The monoisotopic (exact) mass is 675 g/mol. The van der Waals surface area contributed by atoms with E-state index in [0.29, 0.717) is 17.5 Å². The van der Waals surface area contributed by atoms with Gasteiger partial charge in [-0.1, -0.05) is 188 Å². The summed E-state index contributed by atoms with van der Waals surface area (Å²) in [5.74, 6) is 1.96. The fourth-order valence-corrected chi connectivity index (χ4v) is 8.22. The standard InChI is InChI=1S/C50H33N3/c1-5-16-35(17-6-1)47-51-48(36-18-7-2-8-19-36)53-49(52-47)38-31-29-34-28-30-37(32-39(34)33-38)42-25-15-27-45-46(42)43-24-13-14-26-44(43)50(45,40-20-9-3-10-21-40)41-22-11-4-12-23-41/h1-33H. The quantitative estimate of drug-likeness (QED) is 0.176. The van der Waals surface area contributed by atoms with Crippen LogP contribution < -0.4 is 0 Å². The number of aromatic nitrogens is 3. The minimum Gasteiger partial charge on any atom is -0.208 e. The Morgan fingerprint density at radius 1 is 0.302 bits per heavy atom. The van der Waals surface area contributed by atoms with Gasteiger partial charge in [0.1, 0.15) is 0 Å². The zero-order chi connectivity index (χ0) is 35.2. The lowest BCUT2D eigenvalue weighted by Crippen LogP contribution is -2.28. The number of hydrogen-bond donors (Lipinski definition) is 0. The third kappa shape index (κ3) is 5.09. The van der Waals surface area contributed by atoms with E-state index in [4.69, 9.17) is 15.0 Å². The van der Waals surface area contributed by atoms with Gasteiger partial charge in [-0.3, -0.25) is 0 Å². The third-order valence-corrected chi connectivity index (χ3v) is 10.6. The summed E-state index contributed by atoms with van der Waals surface area (Å²) in [6, 6.07) is 71.3. The van der Waals surface area contributed by atoms with Crippen LogP contribution in [0.2, 0.25) is 0 Å². The Kier molecular flexibility index (Phi) is 7.36. The first-order chi connectivity index (χ1) is 26.3. The Hall–Kier alpha value is -6.97. The molecule has 8 aromatic carbocycles. The summed E-state index contributed by atoms with van der Waals surface area (Å²) in [5.41, 5.74) is 12.5. The Bertz CT molecular complexity index is 2660. The SMILES string of the molecule is c1ccc(-c2nc(-c3ccccc3)nc(-c3ccc4ccc(-c5cccc6c5-c5ccccc5C6(c5ccccc5)c5ccccc5)cc4c3)n2)cc1. The van der Waals surface area contributed by atoms with Gasteiger partial charge in [-0.2, -0.15) is 0 Å². The van der Waals surface area contributed by atoms with Crippen molar-refractivity contribution >= 4 is 10.8 Å². The van der Waals surface area contributed by atoms with E-state index in [1.807, 2.05) is 60.7 Å². The maximum absolute atomic E-state index is 5.01. The third-order valence-electron chi connectivity index (χ3n) is 10.6. The molecule has 53 heavy (non-hydrogen) atoms. The fourth-order valence-electron chi connectivity index (χ4n) is 8.22. The van der Waals surface area contributed by atoms with Gasteiger partial charge in [0.15, 0.2) is 17.5 Å². The van der Waals surface area contributed by atoms with E-state index >= 15 is 0 Å². The molecular formula is C50H33N3. The Morgan fingerprint density at radius 2 is 0.755 bits per heavy atom. The molecule has 0 radical (unpaired) electrons. The molecule has 3 nitrogen and oxygen atoms in total. The summed E-state index contributed by atoms with van der Waals surface area (Å²) in [4.78, 5) is 14.9. The van der Waals surface area contributed by atoms with Crippen LogP contribution in [0.25, 0.3) is 67.2 Å². The van der Waals surface area contributed by atoms with Gasteiger partial charge < -0.3 is 0 Å². The van der Waals surface area contributed by atoms with E-state index < -0.39 is 5.41 Å². The lowest BCUT2D eigenvalue weighted by Gasteiger charge is -2.34. The number of fused-ring (bicyclic) bond motifs is 4. The van der Waals surface area contributed by atoms with Gasteiger partial charge in [-0.25, -0.2) is 15.0 Å². The van der Waals surface area contributed by atoms with Crippen molar-refractivity contribution in [1.29, 1.82) is 0 Å². The number of nitrogens with zero attached hydrogens (tertiary/aromatic N) is 3. The summed E-state index contributed by atoms with van der Waals surface area (Å²) in [6.07, 6.45) is 0. The molecule has 0 N–H and O–H groups in total. The van der Waals surface area contributed by atoms with E-state index in [-0.39, 0.29) is 0 Å². The fraction of sp³-hybridized carbons (Fsp3) is 0.0200. The molecule has 1 aliphatic rings. The van der Waals surface area contributed by atoms with Gasteiger partial charge in [0.25, 0.3) is 0 Å². The Labute approximate surface area is 309 Å².